The molecule has 126 valence electrons. The molecule has 1 amide bonds. The molecule has 22 heavy (non-hydrogen) atoms. The average molecular weight is 327 g/mol. The molecule has 3 rings (SSSR count). The zero-order valence-electron chi connectivity index (χ0n) is 13.8. The first-order valence-electron chi connectivity index (χ1n) is 8.27. The molecule has 0 unspecified atom stereocenters. The molecule has 1 aromatic carbocycles. The van der Waals surface area contributed by atoms with E-state index in [9.17, 15) is 0 Å². The van der Waals surface area contributed by atoms with Crippen LogP contribution in [-0.2, 0) is 4.79 Å². The van der Waals surface area contributed by atoms with Crippen LogP contribution in [0, 0.1) is 0 Å². The van der Waals surface area contributed by atoms with Crippen molar-refractivity contribution in [1.82, 2.24) is 5.32 Å². The van der Waals surface area contributed by atoms with Gasteiger partial charge in [-0.3, -0.25) is 4.79 Å². The quantitative estimate of drug-likeness (QED) is 0.744. The number of primary amides is 1. The van der Waals surface area contributed by atoms with E-state index in [-0.39, 0.29) is 6.41 Å². The Morgan fingerprint density at radius 1 is 1.00 bits per heavy atom. The number of nitrogens with two attached hydrogens (primary N) is 1. The Balaban J connectivity index is 0.000000278. The van der Waals surface area contributed by atoms with E-state index >= 15 is 0 Å². The molecule has 0 aromatic heterocycles. The van der Waals surface area contributed by atoms with E-state index < -0.39 is 0 Å². The molecular formula is C18H31ClN2O. The zero-order valence-corrected chi connectivity index (χ0v) is 14.5. The van der Waals surface area contributed by atoms with Crippen molar-refractivity contribution in [1.29, 1.82) is 0 Å². The van der Waals surface area contributed by atoms with Crippen LogP contribution in [0.1, 0.15) is 57.8 Å². The number of carbonyl (C=O) groups is 1. The highest BCUT2D eigenvalue weighted by Crippen LogP contribution is 2.16. The zero-order chi connectivity index (χ0) is 16.5. The van der Waals surface area contributed by atoms with Crippen molar-refractivity contribution >= 4 is 18.0 Å². The highest BCUT2D eigenvalue weighted by molar-refractivity contribution is 6.30. The summed E-state index contributed by atoms with van der Waals surface area (Å²) >= 11 is 5.54. The fourth-order valence-electron chi connectivity index (χ4n) is 2.17. The summed E-state index contributed by atoms with van der Waals surface area (Å²) in [7, 11) is 2.03. The van der Waals surface area contributed by atoms with Crippen LogP contribution in [0.2, 0.25) is 5.02 Å². The molecule has 4 heteroatoms. The Bertz CT molecular complexity index is 324. The van der Waals surface area contributed by atoms with Crippen LogP contribution in [-0.4, -0.2) is 19.5 Å². The molecule has 2 fully saturated rings. The van der Waals surface area contributed by atoms with Crippen LogP contribution in [0.3, 0.4) is 0 Å². The highest BCUT2D eigenvalue weighted by Gasteiger charge is 2.13. The number of amides is 1. The number of hydrogen-bond acceptors (Lipinski definition) is 2. The standard InChI is InChI=1S/C6H5Cl.C6H12.C5H11N.CH3NO/c7-6-4-2-1-3-5-6;1-2-4-6-5-3-1;1-6-5-3-2-4-5;2-1-3/h1-5H;1-6H2;5-6H,2-4H2,1H3;1H,(H2,2,3). The number of hydrogen-bond donors (Lipinski definition) is 2. The van der Waals surface area contributed by atoms with E-state index in [1.54, 1.807) is 0 Å². The number of rotatable bonds is 1. The Labute approximate surface area is 140 Å². The van der Waals surface area contributed by atoms with Gasteiger partial charge >= 0.3 is 0 Å². The largest absolute Gasteiger partial charge is 0.372 e. The van der Waals surface area contributed by atoms with Crippen molar-refractivity contribution in [2.45, 2.75) is 63.8 Å². The summed E-state index contributed by atoms with van der Waals surface area (Å²) < 4.78 is 0. The third-order valence-electron chi connectivity index (χ3n) is 3.75. The monoisotopic (exact) mass is 326 g/mol. The van der Waals surface area contributed by atoms with Gasteiger partial charge in [-0.25, -0.2) is 0 Å². The lowest BCUT2D eigenvalue weighted by molar-refractivity contribution is -0.106. The van der Waals surface area contributed by atoms with E-state index in [0.717, 1.165) is 11.1 Å². The molecule has 1 aromatic rings. The second-order valence-corrected chi connectivity index (χ2v) is 5.91. The molecule has 3 nitrogen and oxygen atoms in total. The molecule has 3 N–H and O–H groups in total. The maximum Gasteiger partial charge on any atom is 0.204 e. The van der Waals surface area contributed by atoms with Crippen molar-refractivity contribution in [3.05, 3.63) is 35.4 Å². The van der Waals surface area contributed by atoms with Gasteiger partial charge in [0, 0.05) is 11.1 Å². The highest BCUT2D eigenvalue weighted by atomic mass is 35.5. The molecular weight excluding hydrogens is 296 g/mol. The molecule has 0 atom stereocenters. The van der Waals surface area contributed by atoms with Gasteiger partial charge in [-0.1, -0.05) is 74.7 Å². The summed E-state index contributed by atoms with van der Waals surface area (Å²) in [5.41, 5.74) is 4.17. The number of benzene rings is 1. The van der Waals surface area contributed by atoms with Gasteiger partial charge in [-0.05, 0) is 32.0 Å². The van der Waals surface area contributed by atoms with E-state index in [0.29, 0.717) is 0 Å². The lowest BCUT2D eigenvalue weighted by Crippen LogP contribution is -2.31. The minimum absolute atomic E-state index is 0.250. The van der Waals surface area contributed by atoms with Gasteiger partial charge in [0.1, 0.15) is 0 Å². The Morgan fingerprint density at radius 2 is 1.41 bits per heavy atom. The topological polar surface area (TPSA) is 55.1 Å². The minimum Gasteiger partial charge on any atom is -0.372 e. The number of nitrogens with one attached hydrogen (secondary N) is 1. The normalized spacial score (nSPS) is 16.3. The predicted octanol–water partition coefficient (Wildman–Crippen LogP) is 4.54. The lowest BCUT2D eigenvalue weighted by Gasteiger charge is -2.23. The Hall–Kier alpha value is -1.06. The average Bonchev–Trinajstić information content (AvgIpc) is 2.51. The van der Waals surface area contributed by atoms with Gasteiger partial charge in [0.2, 0.25) is 6.41 Å². The van der Waals surface area contributed by atoms with Gasteiger partial charge in [0.15, 0.2) is 0 Å². The van der Waals surface area contributed by atoms with Crippen molar-refractivity contribution < 1.29 is 4.79 Å². The summed E-state index contributed by atoms with van der Waals surface area (Å²) in [6.07, 6.45) is 13.5. The van der Waals surface area contributed by atoms with Crippen molar-refractivity contribution in [3.8, 4) is 0 Å². The molecule has 2 aliphatic carbocycles. The van der Waals surface area contributed by atoms with Gasteiger partial charge in [-0.2, -0.15) is 0 Å². The minimum atomic E-state index is 0.250. The maximum absolute atomic E-state index is 8.58. The van der Waals surface area contributed by atoms with Gasteiger partial charge in [0.25, 0.3) is 0 Å². The summed E-state index contributed by atoms with van der Waals surface area (Å²) in [5.74, 6) is 0. The van der Waals surface area contributed by atoms with Crippen LogP contribution in [0.25, 0.3) is 0 Å². The number of halogens is 1. The first kappa shape index (κ1) is 20.9. The second kappa shape index (κ2) is 16.3. The Morgan fingerprint density at radius 3 is 1.55 bits per heavy atom. The SMILES string of the molecule is C1CCCCC1.CNC1CCC1.Clc1ccccc1.NC=O. The van der Waals surface area contributed by atoms with Crippen LogP contribution < -0.4 is 11.1 Å². The summed E-state index contributed by atoms with van der Waals surface area (Å²) in [6, 6.07) is 10.3. The van der Waals surface area contributed by atoms with Crippen LogP contribution in [0.4, 0.5) is 0 Å². The van der Waals surface area contributed by atoms with Gasteiger partial charge < -0.3 is 11.1 Å². The first-order chi connectivity index (χ1) is 10.7. The Kier molecular flexibility index (Phi) is 15.5. The third-order valence-corrected chi connectivity index (χ3v) is 4.00. The van der Waals surface area contributed by atoms with E-state index in [1.165, 1.54) is 57.8 Å². The molecule has 0 bridgehead atoms. The van der Waals surface area contributed by atoms with Crippen molar-refractivity contribution in [3.63, 3.8) is 0 Å². The van der Waals surface area contributed by atoms with Crippen LogP contribution in [0.15, 0.2) is 30.3 Å². The van der Waals surface area contributed by atoms with Gasteiger partial charge in [-0.15, -0.1) is 0 Å². The molecule has 0 saturated heterocycles. The van der Waals surface area contributed by atoms with Crippen LogP contribution >= 0.6 is 11.6 Å². The lowest BCUT2D eigenvalue weighted by atomic mass is 9.94. The molecule has 0 aliphatic heterocycles. The molecule has 0 spiro atoms. The van der Waals surface area contributed by atoms with E-state index in [4.69, 9.17) is 16.4 Å². The molecule has 0 radical (unpaired) electrons. The summed E-state index contributed by atoms with van der Waals surface area (Å²) in [6.45, 7) is 0. The van der Waals surface area contributed by atoms with Crippen molar-refractivity contribution in [2.75, 3.05) is 7.05 Å². The summed E-state index contributed by atoms with van der Waals surface area (Å²) in [4.78, 5) is 8.58. The number of carbonyl (C=O) groups excluding carboxylic acids is 1. The fourth-order valence-corrected chi connectivity index (χ4v) is 2.32. The summed E-state index contributed by atoms with van der Waals surface area (Å²) in [5, 5.41) is 4.00. The first-order valence-corrected chi connectivity index (χ1v) is 8.65. The van der Waals surface area contributed by atoms with Gasteiger partial charge in [0.05, 0.1) is 0 Å². The van der Waals surface area contributed by atoms with E-state index in [1.807, 2.05) is 37.4 Å². The van der Waals surface area contributed by atoms with Crippen molar-refractivity contribution in [2.24, 2.45) is 5.73 Å². The predicted molar refractivity (Wildman–Crippen MR) is 96.1 cm³/mol. The van der Waals surface area contributed by atoms with E-state index in [2.05, 4.69) is 11.1 Å². The second-order valence-electron chi connectivity index (χ2n) is 5.47. The molecule has 2 saturated carbocycles. The molecule has 0 heterocycles. The fraction of sp³-hybridized carbons (Fsp3) is 0.611. The molecule has 2 aliphatic rings. The van der Waals surface area contributed by atoms with Crippen LogP contribution in [0.5, 0.6) is 0 Å². The maximum atomic E-state index is 8.58. The third kappa shape index (κ3) is 13.9. The smallest absolute Gasteiger partial charge is 0.204 e.